The number of hydrogen-bond donors (Lipinski definition) is 0. The van der Waals surface area contributed by atoms with Crippen LogP contribution < -0.4 is 0 Å². The summed E-state index contributed by atoms with van der Waals surface area (Å²) in [5, 5.41) is 12.4. The monoisotopic (exact) mass is 244 g/mol. The van der Waals surface area contributed by atoms with E-state index in [2.05, 4.69) is 15.5 Å². The van der Waals surface area contributed by atoms with Crippen molar-refractivity contribution in [1.29, 1.82) is 0 Å². The summed E-state index contributed by atoms with van der Waals surface area (Å²) in [5.41, 5.74) is 0. The van der Waals surface area contributed by atoms with Crippen LogP contribution >= 0.6 is 11.8 Å². The highest BCUT2D eigenvalue weighted by Crippen LogP contribution is 2.34. The van der Waals surface area contributed by atoms with Crippen molar-refractivity contribution in [2.45, 2.75) is 30.8 Å². The Kier molecular flexibility index (Phi) is 4.14. The lowest BCUT2D eigenvalue weighted by atomic mass is 10.5. The minimum absolute atomic E-state index is 0.302. The van der Waals surface area contributed by atoms with Gasteiger partial charge in [-0.25, -0.2) is 4.68 Å². The van der Waals surface area contributed by atoms with Crippen molar-refractivity contribution in [3.8, 4) is 0 Å². The van der Waals surface area contributed by atoms with Crippen LogP contribution in [0.3, 0.4) is 0 Å². The average molecular weight is 244 g/mol. The van der Waals surface area contributed by atoms with Gasteiger partial charge in [0, 0.05) is 20.0 Å². The molecule has 1 aliphatic carbocycles. The van der Waals surface area contributed by atoms with Gasteiger partial charge in [-0.15, -0.1) is 5.10 Å². The lowest BCUT2D eigenvalue weighted by Crippen LogP contribution is -2.22. The summed E-state index contributed by atoms with van der Waals surface area (Å²) in [4.78, 5) is 0. The number of nitrogens with zero attached hydrogens (tertiary/aromatic N) is 4. The zero-order chi connectivity index (χ0) is 11.4. The van der Waals surface area contributed by atoms with Crippen molar-refractivity contribution in [2.75, 3.05) is 20.0 Å². The molecule has 1 fully saturated rings. The molecule has 0 unspecified atom stereocenters. The second-order valence-electron chi connectivity index (χ2n) is 3.80. The summed E-state index contributed by atoms with van der Waals surface area (Å²) >= 11 is 1.70. The fraction of sp³-hybridized carbons (Fsp3) is 0.889. The zero-order valence-electron chi connectivity index (χ0n) is 9.50. The normalized spacial score (nSPS) is 15.9. The molecule has 1 heterocycles. The van der Waals surface area contributed by atoms with Gasteiger partial charge in [-0.3, -0.25) is 0 Å². The van der Waals surface area contributed by atoms with Crippen LogP contribution in [0, 0.1) is 5.92 Å². The number of rotatable bonds is 7. The van der Waals surface area contributed by atoms with E-state index < -0.39 is 0 Å². The van der Waals surface area contributed by atoms with Crippen LogP contribution in [0.1, 0.15) is 12.8 Å². The van der Waals surface area contributed by atoms with Crippen LogP contribution in [0.15, 0.2) is 5.16 Å². The molecule has 0 atom stereocenters. The molecule has 0 saturated heterocycles. The number of methoxy groups -OCH3 is 2. The van der Waals surface area contributed by atoms with Gasteiger partial charge >= 0.3 is 0 Å². The van der Waals surface area contributed by atoms with Gasteiger partial charge in [-0.05, 0) is 29.2 Å². The number of hydrogen-bond acceptors (Lipinski definition) is 6. The van der Waals surface area contributed by atoms with Gasteiger partial charge in [0.25, 0.3) is 0 Å². The van der Waals surface area contributed by atoms with Gasteiger partial charge in [-0.1, -0.05) is 11.8 Å². The van der Waals surface area contributed by atoms with Crippen LogP contribution in [0.25, 0.3) is 0 Å². The number of thioether (sulfide) groups is 1. The standard InChI is InChI=1S/C9H16N4O2S/c1-14-8(15-2)5-13-9(10-11-12-13)16-6-7-3-4-7/h7-8H,3-6H2,1-2H3. The van der Waals surface area contributed by atoms with Crippen LogP contribution in [0.4, 0.5) is 0 Å². The van der Waals surface area contributed by atoms with E-state index in [-0.39, 0.29) is 6.29 Å². The molecule has 0 amide bonds. The van der Waals surface area contributed by atoms with E-state index in [1.165, 1.54) is 12.8 Å². The maximum atomic E-state index is 5.12. The lowest BCUT2D eigenvalue weighted by molar-refractivity contribution is -0.113. The van der Waals surface area contributed by atoms with Crippen LogP contribution in [-0.4, -0.2) is 46.5 Å². The second kappa shape index (κ2) is 5.60. The van der Waals surface area contributed by atoms with Crippen molar-refractivity contribution >= 4 is 11.8 Å². The summed E-state index contributed by atoms with van der Waals surface area (Å²) in [7, 11) is 3.21. The molecule has 1 saturated carbocycles. The van der Waals surface area contributed by atoms with E-state index in [0.29, 0.717) is 6.54 Å². The maximum Gasteiger partial charge on any atom is 0.209 e. The van der Waals surface area contributed by atoms with E-state index >= 15 is 0 Å². The Morgan fingerprint density at radius 2 is 2.19 bits per heavy atom. The number of tetrazole rings is 1. The average Bonchev–Trinajstić information content (AvgIpc) is 3.03. The molecule has 6 nitrogen and oxygen atoms in total. The molecular formula is C9H16N4O2S. The van der Waals surface area contributed by atoms with E-state index in [4.69, 9.17) is 9.47 Å². The smallest absolute Gasteiger partial charge is 0.209 e. The van der Waals surface area contributed by atoms with Crippen molar-refractivity contribution in [3.05, 3.63) is 0 Å². The van der Waals surface area contributed by atoms with Gasteiger partial charge in [0.1, 0.15) is 0 Å². The molecule has 90 valence electrons. The highest BCUT2D eigenvalue weighted by Gasteiger charge is 2.23. The van der Waals surface area contributed by atoms with E-state index in [9.17, 15) is 0 Å². The Balaban J connectivity index is 1.89. The molecule has 1 aliphatic rings. The Morgan fingerprint density at radius 3 is 2.81 bits per heavy atom. The first-order valence-corrected chi connectivity index (χ1v) is 6.26. The van der Waals surface area contributed by atoms with Crippen LogP contribution in [-0.2, 0) is 16.0 Å². The molecule has 0 spiro atoms. The van der Waals surface area contributed by atoms with Gasteiger partial charge < -0.3 is 9.47 Å². The summed E-state index contributed by atoms with van der Waals surface area (Å²) in [6.45, 7) is 0.521. The molecule has 1 aromatic rings. The molecule has 0 radical (unpaired) electrons. The first-order valence-electron chi connectivity index (χ1n) is 5.28. The zero-order valence-corrected chi connectivity index (χ0v) is 10.3. The first-order chi connectivity index (χ1) is 7.83. The van der Waals surface area contributed by atoms with Gasteiger partial charge in [-0.2, -0.15) is 0 Å². The summed E-state index contributed by atoms with van der Waals surface area (Å²) in [6.07, 6.45) is 2.38. The summed E-state index contributed by atoms with van der Waals surface area (Å²) in [5.74, 6) is 1.96. The highest BCUT2D eigenvalue weighted by atomic mass is 32.2. The Bertz CT molecular complexity index is 325. The van der Waals surface area contributed by atoms with Crippen molar-refractivity contribution in [1.82, 2.24) is 20.2 Å². The van der Waals surface area contributed by atoms with Crippen molar-refractivity contribution in [2.24, 2.45) is 5.92 Å². The molecule has 1 aromatic heterocycles. The number of aromatic nitrogens is 4. The minimum atomic E-state index is -0.302. The molecule has 0 aromatic carbocycles. The fourth-order valence-electron chi connectivity index (χ4n) is 1.28. The van der Waals surface area contributed by atoms with Gasteiger partial charge in [0.15, 0.2) is 6.29 Å². The SMILES string of the molecule is COC(Cn1nnnc1SCC1CC1)OC. The van der Waals surface area contributed by atoms with Crippen LogP contribution in [0.5, 0.6) is 0 Å². The van der Waals surface area contributed by atoms with Crippen molar-refractivity contribution in [3.63, 3.8) is 0 Å². The Morgan fingerprint density at radius 1 is 1.44 bits per heavy atom. The second-order valence-corrected chi connectivity index (χ2v) is 4.79. The summed E-state index contributed by atoms with van der Waals surface area (Å²) in [6, 6.07) is 0. The fourth-order valence-corrected chi connectivity index (χ4v) is 2.35. The lowest BCUT2D eigenvalue weighted by Gasteiger charge is -2.13. The minimum Gasteiger partial charge on any atom is -0.354 e. The predicted octanol–water partition coefficient (Wildman–Crippen LogP) is 0.794. The third kappa shape index (κ3) is 3.16. The molecule has 0 bridgehead atoms. The van der Waals surface area contributed by atoms with E-state index in [1.807, 2.05) is 0 Å². The predicted molar refractivity (Wildman–Crippen MR) is 59.1 cm³/mol. The maximum absolute atomic E-state index is 5.12. The highest BCUT2D eigenvalue weighted by molar-refractivity contribution is 7.99. The molecule has 7 heteroatoms. The molecule has 0 N–H and O–H groups in total. The molecule has 16 heavy (non-hydrogen) atoms. The molecule has 0 aliphatic heterocycles. The third-order valence-corrected chi connectivity index (χ3v) is 3.68. The van der Waals surface area contributed by atoms with Crippen LogP contribution in [0.2, 0.25) is 0 Å². The largest absolute Gasteiger partial charge is 0.354 e. The Labute approximate surface area is 98.7 Å². The van der Waals surface area contributed by atoms with E-state index in [1.54, 1.807) is 30.7 Å². The number of ether oxygens (including phenoxy) is 2. The molecule has 2 rings (SSSR count). The third-order valence-electron chi connectivity index (χ3n) is 2.49. The Hall–Kier alpha value is -0.660. The van der Waals surface area contributed by atoms with Crippen molar-refractivity contribution < 1.29 is 9.47 Å². The molecular weight excluding hydrogens is 228 g/mol. The van der Waals surface area contributed by atoms with E-state index in [0.717, 1.165) is 16.8 Å². The summed E-state index contributed by atoms with van der Waals surface area (Å²) < 4.78 is 12.0. The first kappa shape index (κ1) is 11.8. The van der Waals surface area contributed by atoms with Gasteiger partial charge in [0.05, 0.1) is 6.54 Å². The topological polar surface area (TPSA) is 62.1 Å². The quantitative estimate of drug-likeness (QED) is 0.522. The van der Waals surface area contributed by atoms with Gasteiger partial charge in [0.2, 0.25) is 5.16 Å².